The summed E-state index contributed by atoms with van der Waals surface area (Å²) in [4.78, 5) is 30.4. The smallest absolute Gasteiger partial charge is 0.318 e. The van der Waals surface area contributed by atoms with Crippen molar-refractivity contribution in [1.29, 1.82) is 0 Å². The van der Waals surface area contributed by atoms with Gasteiger partial charge in [0.1, 0.15) is 18.3 Å². The fourth-order valence-electron chi connectivity index (χ4n) is 4.45. The lowest BCUT2D eigenvalue weighted by atomic mass is 9.99. The van der Waals surface area contributed by atoms with Crippen molar-refractivity contribution >= 4 is 17.6 Å². The first-order valence-electron chi connectivity index (χ1n) is 12.7. The molecule has 1 fully saturated rings. The van der Waals surface area contributed by atoms with E-state index in [0.29, 0.717) is 38.5 Å². The molecule has 36 heavy (non-hydrogen) atoms. The number of hydrogen-bond acceptors (Lipinski definition) is 6. The van der Waals surface area contributed by atoms with Gasteiger partial charge in [-0.2, -0.15) is 5.10 Å². The molecule has 1 N–H and O–H groups in total. The highest BCUT2D eigenvalue weighted by Crippen LogP contribution is 2.33. The van der Waals surface area contributed by atoms with Crippen LogP contribution in [0.1, 0.15) is 48.8 Å². The molecule has 1 aromatic heterocycles. The Hall–Kier alpha value is -3.17. The quantitative estimate of drug-likeness (QED) is 0.607. The van der Waals surface area contributed by atoms with Gasteiger partial charge in [0.05, 0.1) is 25.2 Å². The molecule has 0 spiro atoms. The minimum atomic E-state index is -0.349. The van der Waals surface area contributed by atoms with Crippen LogP contribution < -0.4 is 5.32 Å². The molecule has 1 saturated heterocycles. The summed E-state index contributed by atoms with van der Waals surface area (Å²) >= 11 is 0. The van der Waals surface area contributed by atoms with Gasteiger partial charge in [0.15, 0.2) is 0 Å². The van der Waals surface area contributed by atoms with Gasteiger partial charge < -0.3 is 19.4 Å². The summed E-state index contributed by atoms with van der Waals surface area (Å²) in [6, 6.07) is 9.27. The van der Waals surface area contributed by atoms with Crippen molar-refractivity contribution in [2.75, 3.05) is 45.9 Å². The minimum Gasteiger partial charge on any atom is -0.467 e. The monoisotopic (exact) mass is 495 g/mol. The van der Waals surface area contributed by atoms with Crippen molar-refractivity contribution in [3.8, 4) is 0 Å². The first kappa shape index (κ1) is 25.9. The number of aryl methyl sites for hydroxylation is 2. The summed E-state index contributed by atoms with van der Waals surface area (Å²) in [6.07, 6.45) is 2.16. The van der Waals surface area contributed by atoms with E-state index in [9.17, 15) is 9.59 Å². The third-order valence-electron chi connectivity index (χ3n) is 6.69. The van der Waals surface area contributed by atoms with Crippen LogP contribution in [0.2, 0.25) is 0 Å². The van der Waals surface area contributed by atoms with E-state index in [1.165, 1.54) is 16.1 Å². The number of carbonyl (C=O) groups is 2. The number of ether oxygens (including phenoxy) is 1. The Balaban J connectivity index is 1.53. The summed E-state index contributed by atoms with van der Waals surface area (Å²) < 4.78 is 11.1. The van der Waals surface area contributed by atoms with Gasteiger partial charge in [-0.1, -0.05) is 12.1 Å². The Kier molecular flexibility index (Phi) is 8.43. The highest BCUT2D eigenvalue weighted by Gasteiger charge is 2.36. The molecular weight excluding hydrogens is 458 g/mol. The highest BCUT2D eigenvalue weighted by molar-refractivity contribution is 6.03. The van der Waals surface area contributed by atoms with Gasteiger partial charge in [0.2, 0.25) is 0 Å². The molecule has 2 aliphatic heterocycles. The first-order chi connectivity index (χ1) is 17.3. The van der Waals surface area contributed by atoms with Gasteiger partial charge in [0, 0.05) is 38.6 Å². The predicted molar refractivity (Wildman–Crippen MR) is 138 cm³/mol. The van der Waals surface area contributed by atoms with E-state index < -0.39 is 0 Å². The van der Waals surface area contributed by atoms with Gasteiger partial charge in [-0.3, -0.25) is 9.69 Å². The lowest BCUT2D eigenvalue weighted by Crippen LogP contribution is -2.50. The summed E-state index contributed by atoms with van der Waals surface area (Å²) in [7, 11) is 0. The summed E-state index contributed by atoms with van der Waals surface area (Å²) in [5, 5.41) is 9.17. The van der Waals surface area contributed by atoms with Crippen molar-refractivity contribution < 1.29 is 18.7 Å². The second-order valence-electron chi connectivity index (χ2n) is 9.80. The van der Waals surface area contributed by atoms with Gasteiger partial charge in [-0.15, -0.1) is 0 Å². The molecular formula is C27H37N5O4. The van der Waals surface area contributed by atoms with E-state index in [2.05, 4.69) is 36.2 Å². The molecule has 9 nitrogen and oxygen atoms in total. The van der Waals surface area contributed by atoms with Gasteiger partial charge >= 0.3 is 6.03 Å². The van der Waals surface area contributed by atoms with Gasteiger partial charge in [-0.25, -0.2) is 9.80 Å². The fraction of sp³-hybridized carbons (Fsp3) is 0.519. The highest BCUT2D eigenvalue weighted by atomic mass is 16.5. The Labute approximate surface area is 213 Å². The number of hydrogen-bond donors (Lipinski definition) is 1. The van der Waals surface area contributed by atoms with E-state index in [1.807, 2.05) is 32.0 Å². The van der Waals surface area contributed by atoms with Crippen molar-refractivity contribution in [1.82, 2.24) is 20.1 Å². The van der Waals surface area contributed by atoms with Crippen LogP contribution in [-0.2, 0) is 9.53 Å². The standard InChI is InChI=1S/C27H37N5O4/c1-19(2)28-27(34)31(10-9-30-11-14-35-15-12-30)18-26(33)32-24(25-6-5-13-36-25)17-23(29-32)22-8-7-20(3)21(4)16-22/h5-8,13,16,19,24H,9-12,14-15,17-18H2,1-4H3,(H,28,34)/t24-/m0/s1. The molecule has 194 valence electrons. The maximum atomic E-state index is 13.6. The lowest BCUT2D eigenvalue weighted by Gasteiger charge is -2.31. The average molecular weight is 496 g/mol. The van der Waals surface area contributed by atoms with Crippen LogP contribution in [0.15, 0.2) is 46.1 Å². The van der Waals surface area contributed by atoms with E-state index >= 15 is 0 Å². The number of rotatable bonds is 8. The molecule has 0 bridgehead atoms. The van der Waals surface area contributed by atoms with Crippen molar-refractivity contribution in [2.45, 2.75) is 46.2 Å². The zero-order chi connectivity index (χ0) is 25.7. The Morgan fingerprint density at radius 2 is 1.94 bits per heavy atom. The third-order valence-corrected chi connectivity index (χ3v) is 6.69. The molecule has 1 aromatic carbocycles. The second kappa shape index (κ2) is 11.7. The van der Waals surface area contributed by atoms with Crippen LogP contribution >= 0.6 is 0 Å². The fourth-order valence-corrected chi connectivity index (χ4v) is 4.45. The number of urea groups is 1. The predicted octanol–water partition coefficient (Wildman–Crippen LogP) is 3.33. The zero-order valence-electron chi connectivity index (χ0n) is 21.7. The second-order valence-corrected chi connectivity index (χ2v) is 9.80. The maximum absolute atomic E-state index is 13.6. The summed E-state index contributed by atoms with van der Waals surface area (Å²) in [5.41, 5.74) is 4.21. The lowest BCUT2D eigenvalue weighted by molar-refractivity contribution is -0.134. The third kappa shape index (κ3) is 6.33. The summed E-state index contributed by atoms with van der Waals surface area (Å²) in [5.74, 6) is 0.438. The summed E-state index contributed by atoms with van der Waals surface area (Å²) in [6.45, 7) is 12.0. The van der Waals surface area contributed by atoms with E-state index in [0.717, 1.165) is 24.4 Å². The molecule has 3 heterocycles. The largest absolute Gasteiger partial charge is 0.467 e. The van der Waals surface area contributed by atoms with E-state index in [4.69, 9.17) is 14.3 Å². The van der Waals surface area contributed by atoms with Crippen LogP contribution in [0.4, 0.5) is 4.79 Å². The van der Waals surface area contributed by atoms with Crippen molar-refractivity contribution in [2.24, 2.45) is 5.10 Å². The molecule has 0 radical (unpaired) electrons. The Bertz CT molecular complexity index is 1080. The number of hydrazone groups is 1. The molecule has 0 saturated carbocycles. The number of amides is 3. The van der Waals surface area contributed by atoms with Crippen molar-refractivity contribution in [3.63, 3.8) is 0 Å². The van der Waals surface area contributed by atoms with Crippen LogP contribution in [0, 0.1) is 13.8 Å². The van der Waals surface area contributed by atoms with Gasteiger partial charge in [-0.05, 0) is 62.6 Å². The van der Waals surface area contributed by atoms with Crippen molar-refractivity contribution in [3.05, 3.63) is 59.0 Å². The van der Waals surface area contributed by atoms with E-state index in [1.54, 1.807) is 11.2 Å². The molecule has 1 atom stereocenters. The number of nitrogens with zero attached hydrogens (tertiary/aromatic N) is 4. The number of nitrogens with one attached hydrogen (secondary N) is 1. The maximum Gasteiger partial charge on any atom is 0.318 e. The number of benzene rings is 1. The topological polar surface area (TPSA) is 90.6 Å². The SMILES string of the molecule is Cc1ccc(C2=NN(C(=O)CN(CCN3CCOCC3)C(=O)NC(C)C)[C@H](c3ccco3)C2)cc1C. The molecule has 2 aliphatic rings. The number of furan rings is 1. The normalized spacial score (nSPS) is 18.4. The average Bonchev–Trinajstić information content (AvgIpc) is 3.54. The first-order valence-corrected chi connectivity index (χ1v) is 12.7. The molecule has 0 aliphatic carbocycles. The van der Waals surface area contributed by atoms with Crippen LogP contribution in [0.3, 0.4) is 0 Å². The zero-order valence-corrected chi connectivity index (χ0v) is 21.7. The van der Waals surface area contributed by atoms with Gasteiger partial charge in [0.25, 0.3) is 5.91 Å². The molecule has 4 rings (SSSR count). The van der Waals surface area contributed by atoms with Crippen LogP contribution in [0.5, 0.6) is 0 Å². The molecule has 0 unspecified atom stereocenters. The molecule has 3 amide bonds. The molecule has 2 aromatic rings. The number of carbonyl (C=O) groups excluding carboxylic acids is 2. The van der Waals surface area contributed by atoms with Crippen LogP contribution in [0.25, 0.3) is 0 Å². The van der Waals surface area contributed by atoms with E-state index in [-0.39, 0.29) is 30.6 Å². The Morgan fingerprint density at radius 3 is 2.61 bits per heavy atom. The Morgan fingerprint density at radius 1 is 1.17 bits per heavy atom. The van der Waals surface area contributed by atoms with Crippen LogP contribution in [-0.4, -0.2) is 84.4 Å². The molecule has 9 heteroatoms. The number of morpholine rings is 1. The minimum absolute atomic E-state index is 0.0319.